The summed E-state index contributed by atoms with van der Waals surface area (Å²) in [5.74, 6) is 1.53. The standard InChI is InChI=1S/C16H25N3O2/c1-12-3-5-13(6-4-12)18-9-14(17-2)7-8-15-10-19-16(20)11-21-15/h7-8,12-13,18H,2-6,9-11H2,1H3,(H,19,20)/b14-7-,15-8+. The fraction of sp³-hybridized carbons (Fsp3) is 0.625. The van der Waals surface area contributed by atoms with Gasteiger partial charge in [-0.05, 0) is 50.5 Å². The van der Waals surface area contributed by atoms with Crippen molar-refractivity contribution in [2.24, 2.45) is 10.9 Å². The molecule has 5 heteroatoms. The van der Waals surface area contributed by atoms with E-state index in [1.54, 1.807) is 0 Å². The van der Waals surface area contributed by atoms with Gasteiger partial charge in [0.25, 0.3) is 5.91 Å². The second kappa shape index (κ2) is 7.98. The molecule has 0 spiro atoms. The lowest BCUT2D eigenvalue weighted by Crippen LogP contribution is -2.35. The van der Waals surface area contributed by atoms with Crippen LogP contribution in [0.5, 0.6) is 0 Å². The van der Waals surface area contributed by atoms with Crippen LogP contribution in [-0.2, 0) is 9.53 Å². The number of ether oxygens (including phenoxy) is 1. The minimum atomic E-state index is -0.0774. The van der Waals surface area contributed by atoms with Crippen molar-refractivity contribution in [3.8, 4) is 0 Å². The van der Waals surface area contributed by atoms with E-state index in [1.807, 2.05) is 12.2 Å². The molecule has 116 valence electrons. The van der Waals surface area contributed by atoms with Crippen LogP contribution in [0.2, 0.25) is 0 Å². The summed E-state index contributed by atoms with van der Waals surface area (Å²) in [5, 5.41) is 6.28. The second-order valence-corrected chi connectivity index (χ2v) is 5.85. The highest BCUT2D eigenvalue weighted by Gasteiger charge is 2.17. The Morgan fingerprint density at radius 2 is 2.24 bits per heavy atom. The van der Waals surface area contributed by atoms with Crippen molar-refractivity contribution in [3.63, 3.8) is 0 Å². The molecule has 1 aliphatic heterocycles. The van der Waals surface area contributed by atoms with E-state index in [9.17, 15) is 4.79 Å². The van der Waals surface area contributed by atoms with Crippen LogP contribution < -0.4 is 10.6 Å². The number of carbonyl (C=O) groups is 1. The Morgan fingerprint density at radius 1 is 1.48 bits per heavy atom. The van der Waals surface area contributed by atoms with Crippen molar-refractivity contribution in [1.82, 2.24) is 10.6 Å². The van der Waals surface area contributed by atoms with Gasteiger partial charge < -0.3 is 15.4 Å². The molecule has 0 aromatic rings. The molecule has 2 rings (SSSR count). The highest BCUT2D eigenvalue weighted by molar-refractivity contribution is 5.78. The van der Waals surface area contributed by atoms with Crippen molar-refractivity contribution >= 4 is 12.6 Å². The van der Waals surface area contributed by atoms with E-state index < -0.39 is 0 Å². The number of carbonyl (C=O) groups excluding carboxylic acids is 1. The first-order valence-electron chi connectivity index (χ1n) is 7.66. The van der Waals surface area contributed by atoms with Crippen molar-refractivity contribution in [1.29, 1.82) is 0 Å². The Labute approximate surface area is 126 Å². The monoisotopic (exact) mass is 291 g/mol. The lowest BCUT2D eigenvalue weighted by molar-refractivity contribution is -0.126. The van der Waals surface area contributed by atoms with Gasteiger partial charge in [-0.2, -0.15) is 0 Å². The number of rotatable bonds is 5. The van der Waals surface area contributed by atoms with E-state index in [2.05, 4.69) is 29.3 Å². The molecule has 0 unspecified atom stereocenters. The maximum Gasteiger partial charge on any atom is 0.258 e. The van der Waals surface area contributed by atoms with E-state index in [1.165, 1.54) is 25.7 Å². The topological polar surface area (TPSA) is 62.7 Å². The Hall–Kier alpha value is -1.62. The molecule has 0 aromatic carbocycles. The molecule has 5 nitrogen and oxygen atoms in total. The van der Waals surface area contributed by atoms with E-state index in [0.29, 0.717) is 12.6 Å². The summed E-state index contributed by atoms with van der Waals surface area (Å²) < 4.78 is 5.31. The van der Waals surface area contributed by atoms with Crippen LogP contribution >= 0.6 is 0 Å². The molecule has 2 fully saturated rings. The first-order chi connectivity index (χ1) is 10.2. The number of amides is 1. The normalized spacial score (nSPS) is 28.9. The number of nitrogens with one attached hydrogen (secondary N) is 2. The van der Waals surface area contributed by atoms with Gasteiger partial charge in [0.15, 0.2) is 6.61 Å². The summed E-state index contributed by atoms with van der Waals surface area (Å²) in [6, 6.07) is 0.587. The van der Waals surface area contributed by atoms with Gasteiger partial charge in [0.1, 0.15) is 5.76 Å². The van der Waals surface area contributed by atoms with E-state index in [4.69, 9.17) is 4.74 Å². The summed E-state index contributed by atoms with van der Waals surface area (Å²) >= 11 is 0. The molecular formula is C16H25N3O2. The third kappa shape index (κ3) is 5.34. The number of allylic oxidation sites excluding steroid dienone is 2. The first-order valence-corrected chi connectivity index (χ1v) is 7.66. The van der Waals surface area contributed by atoms with Crippen LogP contribution in [0, 0.1) is 5.92 Å². The molecule has 0 radical (unpaired) electrons. The number of morpholine rings is 1. The molecule has 1 heterocycles. The summed E-state index contributed by atoms with van der Waals surface area (Å²) in [6.45, 7) is 7.19. The number of hydrogen-bond donors (Lipinski definition) is 2. The largest absolute Gasteiger partial charge is 0.486 e. The van der Waals surface area contributed by atoms with Gasteiger partial charge in [-0.1, -0.05) is 6.92 Å². The maximum absolute atomic E-state index is 11.0. The van der Waals surface area contributed by atoms with Crippen molar-refractivity contribution in [2.45, 2.75) is 38.6 Å². The van der Waals surface area contributed by atoms with Gasteiger partial charge in [0.2, 0.25) is 0 Å². The summed E-state index contributed by atoms with van der Waals surface area (Å²) in [5.41, 5.74) is 0.890. The summed E-state index contributed by atoms with van der Waals surface area (Å²) in [7, 11) is 0. The lowest BCUT2D eigenvalue weighted by atomic mass is 9.87. The zero-order valence-electron chi connectivity index (χ0n) is 12.7. The number of aliphatic imine (C=N–C) groups is 1. The second-order valence-electron chi connectivity index (χ2n) is 5.85. The Balaban J connectivity index is 1.79. The zero-order valence-corrected chi connectivity index (χ0v) is 12.7. The quantitative estimate of drug-likeness (QED) is 0.759. The minimum absolute atomic E-state index is 0.0774. The van der Waals surface area contributed by atoms with E-state index >= 15 is 0 Å². The third-order valence-electron chi connectivity index (χ3n) is 4.10. The fourth-order valence-corrected chi connectivity index (χ4v) is 2.62. The van der Waals surface area contributed by atoms with Crippen molar-refractivity contribution in [3.05, 3.63) is 23.6 Å². The van der Waals surface area contributed by atoms with Crippen molar-refractivity contribution < 1.29 is 9.53 Å². The molecule has 0 bridgehead atoms. The molecular weight excluding hydrogens is 266 g/mol. The molecule has 0 aromatic heterocycles. The Bertz CT molecular complexity index is 423. The average molecular weight is 291 g/mol. The van der Waals surface area contributed by atoms with Crippen LogP contribution in [0.1, 0.15) is 32.6 Å². The molecule has 1 amide bonds. The Kier molecular flexibility index (Phi) is 5.99. The average Bonchev–Trinajstić information content (AvgIpc) is 2.51. The highest BCUT2D eigenvalue weighted by atomic mass is 16.5. The lowest BCUT2D eigenvalue weighted by Gasteiger charge is -2.27. The van der Waals surface area contributed by atoms with Gasteiger partial charge in [-0.3, -0.25) is 9.79 Å². The van der Waals surface area contributed by atoms with Gasteiger partial charge >= 0.3 is 0 Å². The van der Waals surface area contributed by atoms with Crippen molar-refractivity contribution in [2.75, 3.05) is 19.7 Å². The molecule has 21 heavy (non-hydrogen) atoms. The van der Waals surface area contributed by atoms with Gasteiger partial charge in [-0.25, -0.2) is 0 Å². The van der Waals surface area contributed by atoms with Gasteiger partial charge in [-0.15, -0.1) is 0 Å². The van der Waals surface area contributed by atoms with Crippen LogP contribution in [0.15, 0.2) is 28.6 Å². The third-order valence-corrected chi connectivity index (χ3v) is 4.10. The molecule has 0 atom stereocenters. The zero-order chi connectivity index (χ0) is 15.1. The Morgan fingerprint density at radius 3 is 2.86 bits per heavy atom. The SMILES string of the molecule is C=N/C(=C\C=C1/CNC(=O)CO1)CNC1CCC(C)CC1. The first kappa shape index (κ1) is 15.8. The molecule has 2 N–H and O–H groups in total. The number of nitrogens with zero attached hydrogens (tertiary/aromatic N) is 1. The number of hydrogen-bond acceptors (Lipinski definition) is 4. The fourth-order valence-electron chi connectivity index (χ4n) is 2.62. The minimum Gasteiger partial charge on any atom is -0.486 e. The molecule has 1 saturated heterocycles. The maximum atomic E-state index is 11.0. The molecule has 2 aliphatic rings. The highest BCUT2D eigenvalue weighted by Crippen LogP contribution is 2.23. The van der Waals surface area contributed by atoms with Crippen LogP contribution in [0.3, 0.4) is 0 Å². The smallest absolute Gasteiger partial charge is 0.258 e. The predicted octanol–water partition coefficient (Wildman–Crippen LogP) is 1.77. The van der Waals surface area contributed by atoms with E-state index in [-0.39, 0.29) is 12.5 Å². The van der Waals surface area contributed by atoms with Crippen LogP contribution in [0.25, 0.3) is 0 Å². The van der Waals surface area contributed by atoms with Gasteiger partial charge in [0, 0.05) is 12.6 Å². The molecule has 1 saturated carbocycles. The predicted molar refractivity (Wildman–Crippen MR) is 84.1 cm³/mol. The summed E-state index contributed by atoms with van der Waals surface area (Å²) in [4.78, 5) is 15.0. The van der Waals surface area contributed by atoms with Gasteiger partial charge in [0.05, 0.1) is 12.2 Å². The van der Waals surface area contributed by atoms with E-state index in [0.717, 1.165) is 23.9 Å². The van der Waals surface area contributed by atoms with Crippen LogP contribution in [0.4, 0.5) is 0 Å². The molecule has 1 aliphatic carbocycles. The summed E-state index contributed by atoms with van der Waals surface area (Å²) in [6.07, 6.45) is 8.83. The van der Waals surface area contributed by atoms with Crippen LogP contribution in [-0.4, -0.2) is 38.4 Å².